The summed E-state index contributed by atoms with van der Waals surface area (Å²) in [6.45, 7) is 6.42. The number of hydrogen-bond acceptors (Lipinski definition) is 4. The van der Waals surface area contributed by atoms with Crippen molar-refractivity contribution >= 4 is 21.4 Å². The SMILES string of the molecule is CCCCN(C1CC1)S(=O)(=O)c1ccsc1CNCCC. The van der Waals surface area contributed by atoms with Crippen LogP contribution in [0.5, 0.6) is 0 Å². The Labute approximate surface area is 132 Å². The quantitative estimate of drug-likeness (QED) is 0.670. The molecule has 1 aliphatic carbocycles. The molecule has 1 saturated carbocycles. The molecule has 21 heavy (non-hydrogen) atoms. The molecule has 1 aromatic heterocycles. The molecular formula is C15H26N2O2S2. The molecular weight excluding hydrogens is 304 g/mol. The van der Waals surface area contributed by atoms with Crippen LogP contribution in [-0.4, -0.2) is 31.9 Å². The van der Waals surface area contributed by atoms with Gasteiger partial charge in [0.05, 0.1) is 4.90 Å². The lowest BCUT2D eigenvalue weighted by molar-refractivity contribution is 0.395. The van der Waals surface area contributed by atoms with Gasteiger partial charge in [0.1, 0.15) is 0 Å². The molecule has 0 atom stereocenters. The number of hydrogen-bond donors (Lipinski definition) is 1. The second-order valence-electron chi connectivity index (χ2n) is 5.59. The summed E-state index contributed by atoms with van der Waals surface area (Å²) in [4.78, 5) is 1.45. The van der Waals surface area contributed by atoms with Gasteiger partial charge in [-0.15, -0.1) is 11.3 Å². The van der Waals surface area contributed by atoms with Crippen molar-refractivity contribution in [2.45, 2.75) is 63.4 Å². The molecule has 0 aliphatic heterocycles. The third-order valence-corrected chi connectivity index (χ3v) is 6.78. The van der Waals surface area contributed by atoms with Gasteiger partial charge >= 0.3 is 0 Å². The van der Waals surface area contributed by atoms with Crippen molar-refractivity contribution in [3.8, 4) is 0 Å². The molecule has 0 unspecified atom stereocenters. The fraction of sp³-hybridized carbons (Fsp3) is 0.733. The van der Waals surface area contributed by atoms with E-state index < -0.39 is 10.0 Å². The van der Waals surface area contributed by atoms with Gasteiger partial charge in [-0.3, -0.25) is 0 Å². The lowest BCUT2D eigenvalue weighted by Gasteiger charge is -2.22. The zero-order valence-electron chi connectivity index (χ0n) is 13.0. The summed E-state index contributed by atoms with van der Waals surface area (Å²) in [6.07, 6.45) is 5.03. The summed E-state index contributed by atoms with van der Waals surface area (Å²) in [5.41, 5.74) is 0. The Hall–Kier alpha value is -0.430. The number of nitrogens with one attached hydrogen (secondary N) is 1. The van der Waals surface area contributed by atoms with Crippen LogP contribution in [0.4, 0.5) is 0 Å². The summed E-state index contributed by atoms with van der Waals surface area (Å²) in [7, 11) is -3.33. The van der Waals surface area contributed by atoms with Crippen molar-refractivity contribution in [3.63, 3.8) is 0 Å². The second kappa shape index (κ2) is 7.72. The van der Waals surface area contributed by atoms with E-state index in [1.165, 1.54) is 11.3 Å². The maximum absolute atomic E-state index is 12.9. The Morgan fingerprint density at radius 2 is 2.10 bits per heavy atom. The van der Waals surface area contributed by atoms with Crippen LogP contribution in [0.15, 0.2) is 16.3 Å². The largest absolute Gasteiger partial charge is 0.312 e. The topological polar surface area (TPSA) is 49.4 Å². The molecule has 4 nitrogen and oxygen atoms in total. The van der Waals surface area contributed by atoms with E-state index in [1.807, 2.05) is 5.38 Å². The molecule has 0 radical (unpaired) electrons. The highest BCUT2D eigenvalue weighted by Gasteiger charge is 2.38. The number of sulfonamides is 1. The van der Waals surface area contributed by atoms with Crippen LogP contribution < -0.4 is 5.32 Å². The maximum atomic E-state index is 12.9. The van der Waals surface area contributed by atoms with Crippen LogP contribution in [0.1, 0.15) is 50.8 Å². The van der Waals surface area contributed by atoms with E-state index in [0.29, 0.717) is 18.0 Å². The molecule has 1 aliphatic rings. The third kappa shape index (κ3) is 4.28. The maximum Gasteiger partial charge on any atom is 0.244 e. The first-order valence-corrected chi connectivity index (χ1v) is 10.2. The van der Waals surface area contributed by atoms with E-state index in [9.17, 15) is 8.42 Å². The summed E-state index contributed by atoms with van der Waals surface area (Å²) in [6, 6.07) is 2.00. The van der Waals surface area contributed by atoms with Gasteiger partial charge in [-0.1, -0.05) is 20.3 Å². The molecule has 1 heterocycles. The Kier molecular flexibility index (Phi) is 6.22. The van der Waals surface area contributed by atoms with E-state index in [-0.39, 0.29) is 6.04 Å². The minimum atomic E-state index is -3.33. The lowest BCUT2D eigenvalue weighted by atomic mass is 10.3. The first-order valence-electron chi connectivity index (χ1n) is 7.90. The molecule has 0 spiro atoms. The summed E-state index contributed by atoms with van der Waals surface area (Å²) >= 11 is 1.53. The molecule has 0 saturated heterocycles. The second-order valence-corrected chi connectivity index (χ2v) is 8.44. The van der Waals surface area contributed by atoms with Gasteiger partial charge in [-0.05, 0) is 43.7 Å². The normalized spacial score (nSPS) is 15.8. The van der Waals surface area contributed by atoms with Gasteiger partial charge in [0.2, 0.25) is 10.0 Å². The van der Waals surface area contributed by atoms with E-state index in [0.717, 1.165) is 43.5 Å². The molecule has 120 valence electrons. The Morgan fingerprint density at radius 1 is 1.33 bits per heavy atom. The van der Waals surface area contributed by atoms with Crippen LogP contribution >= 0.6 is 11.3 Å². The number of thiophene rings is 1. The van der Waals surface area contributed by atoms with Crippen LogP contribution in [0.3, 0.4) is 0 Å². The zero-order chi connectivity index (χ0) is 15.3. The third-order valence-electron chi connectivity index (χ3n) is 3.69. The number of rotatable bonds is 10. The van der Waals surface area contributed by atoms with Crippen LogP contribution in [0.25, 0.3) is 0 Å². The highest BCUT2D eigenvalue weighted by molar-refractivity contribution is 7.89. The van der Waals surface area contributed by atoms with Crippen molar-refractivity contribution in [2.75, 3.05) is 13.1 Å². The van der Waals surface area contributed by atoms with Crippen LogP contribution in [-0.2, 0) is 16.6 Å². The molecule has 0 amide bonds. The molecule has 1 fully saturated rings. The van der Waals surface area contributed by atoms with E-state index in [1.54, 1.807) is 10.4 Å². The predicted molar refractivity (Wildman–Crippen MR) is 88.1 cm³/mol. The van der Waals surface area contributed by atoms with E-state index >= 15 is 0 Å². The number of unbranched alkanes of at least 4 members (excludes halogenated alkanes) is 1. The summed E-state index contributed by atoms with van der Waals surface area (Å²) < 4.78 is 27.6. The molecule has 6 heteroatoms. The van der Waals surface area contributed by atoms with Crippen molar-refractivity contribution in [1.82, 2.24) is 9.62 Å². The summed E-state index contributed by atoms with van der Waals surface area (Å²) in [5.74, 6) is 0. The van der Waals surface area contributed by atoms with Gasteiger partial charge in [0.15, 0.2) is 0 Å². The fourth-order valence-electron chi connectivity index (χ4n) is 2.37. The monoisotopic (exact) mass is 330 g/mol. The molecule has 1 aromatic rings. The Bertz CT molecular complexity index is 536. The average molecular weight is 331 g/mol. The smallest absolute Gasteiger partial charge is 0.244 e. The minimum Gasteiger partial charge on any atom is -0.312 e. The number of nitrogens with zero attached hydrogens (tertiary/aromatic N) is 1. The minimum absolute atomic E-state index is 0.234. The highest BCUT2D eigenvalue weighted by Crippen LogP contribution is 2.34. The first-order chi connectivity index (χ1) is 10.1. The van der Waals surface area contributed by atoms with Crippen LogP contribution in [0.2, 0.25) is 0 Å². The first kappa shape index (κ1) is 16.9. The van der Waals surface area contributed by atoms with Gasteiger partial charge in [0.25, 0.3) is 0 Å². The molecule has 2 rings (SSSR count). The fourth-order valence-corrected chi connectivity index (χ4v) is 5.48. The van der Waals surface area contributed by atoms with E-state index in [2.05, 4.69) is 19.2 Å². The van der Waals surface area contributed by atoms with Crippen molar-refractivity contribution in [3.05, 3.63) is 16.3 Å². The Morgan fingerprint density at radius 3 is 2.71 bits per heavy atom. The standard InChI is InChI=1S/C15H26N2O2S2/c1-3-5-10-17(13-6-7-13)21(18,19)15-8-11-20-14(15)12-16-9-4-2/h8,11,13,16H,3-7,9-10,12H2,1-2H3. The van der Waals surface area contributed by atoms with Crippen molar-refractivity contribution in [1.29, 1.82) is 0 Å². The summed E-state index contributed by atoms with van der Waals surface area (Å²) in [5, 5.41) is 5.19. The van der Waals surface area contributed by atoms with Crippen molar-refractivity contribution in [2.24, 2.45) is 0 Å². The van der Waals surface area contributed by atoms with Gasteiger partial charge in [0, 0.05) is 24.0 Å². The average Bonchev–Trinajstić information content (AvgIpc) is 3.16. The van der Waals surface area contributed by atoms with Crippen molar-refractivity contribution < 1.29 is 8.42 Å². The van der Waals surface area contributed by atoms with Crippen LogP contribution in [0, 0.1) is 0 Å². The van der Waals surface area contributed by atoms with E-state index in [4.69, 9.17) is 0 Å². The van der Waals surface area contributed by atoms with Gasteiger partial charge < -0.3 is 5.32 Å². The highest BCUT2D eigenvalue weighted by atomic mass is 32.2. The predicted octanol–water partition coefficient (Wildman–Crippen LogP) is 3.20. The Balaban J connectivity index is 2.15. The lowest BCUT2D eigenvalue weighted by Crippen LogP contribution is -2.34. The molecule has 1 N–H and O–H groups in total. The molecule has 0 bridgehead atoms. The van der Waals surface area contributed by atoms with Gasteiger partial charge in [-0.25, -0.2) is 8.42 Å². The van der Waals surface area contributed by atoms with Gasteiger partial charge in [-0.2, -0.15) is 4.31 Å². The molecule has 0 aromatic carbocycles. The zero-order valence-corrected chi connectivity index (χ0v) is 14.6.